The van der Waals surface area contributed by atoms with E-state index in [4.69, 9.17) is 36.1 Å². The number of carbonyl (C=O) groups is 3. The predicted molar refractivity (Wildman–Crippen MR) is 166 cm³/mol. The minimum Gasteiger partial charge on any atom is -0.475 e. The number of alkyl halides is 6. The number of hydrogen-bond acceptors (Lipinski definition) is 9. The number of carboxylic acids is 2. The maximum atomic E-state index is 12.6. The number of carbonyl (C=O) groups excluding carboxylic acids is 1. The highest BCUT2D eigenvalue weighted by atomic mass is 35.5. The van der Waals surface area contributed by atoms with Gasteiger partial charge in [0.05, 0.1) is 19.4 Å². The van der Waals surface area contributed by atoms with Crippen molar-refractivity contribution in [3.63, 3.8) is 0 Å². The van der Waals surface area contributed by atoms with Crippen molar-refractivity contribution in [2.45, 2.75) is 25.2 Å². The monoisotopic (exact) mass is 721 g/mol. The number of nitrogens with zero attached hydrogens (tertiary/aromatic N) is 3. The summed E-state index contributed by atoms with van der Waals surface area (Å²) in [6.07, 6.45) is -7.04. The van der Waals surface area contributed by atoms with E-state index in [0.29, 0.717) is 23.3 Å². The highest BCUT2D eigenvalue weighted by Crippen LogP contribution is 2.29. The van der Waals surface area contributed by atoms with Crippen LogP contribution in [0.25, 0.3) is 0 Å². The van der Waals surface area contributed by atoms with Gasteiger partial charge in [-0.15, -0.1) is 0 Å². The van der Waals surface area contributed by atoms with Crippen LogP contribution in [0.5, 0.6) is 0 Å². The number of aromatic nitrogens is 2. The molecule has 2 aromatic carbocycles. The van der Waals surface area contributed by atoms with Crippen molar-refractivity contribution in [2.24, 2.45) is 0 Å². The van der Waals surface area contributed by atoms with Gasteiger partial charge in [0.15, 0.2) is 5.82 Å². The van der Waals surface area contributed by atoms with Gasteiger partial charge in [0.2, 0.25) is 5.95 Å². The second-order valence-corrected chi connectivity index (χ2v) is 10.6. The Morgan fingerprint density at radius 2 is 1.55 bits per heavy atom. The normalized spacial score (nSPS) is 14.3. The highest BCUT2D eigenvalue weighted by Gasteiger charge is 2.38. The summed E-state index contributed by atoms with van der Waals surface area (Å²) in [5.74, 6) is -4.55. The van der Waals surface area contributed by atoms with Gasteiger partial charge in [0, 0.05) is 43.2 Å². The molecule has 20 heteroatoms. The molecule has 5 rings (SSSR count). The van der Waals surface area contributed by atoms with Crippen molar-refractivity contribution in [2.75, 3.05) is 55.3 Å². The fraction of sp³-hybridized carbons (Fsp3) is 0.345. The number of amides is 2. The Hall–Kier alpha value is -4.88. The fourth-order valence-corrected chi connectivity index (χ4v) is 4.32. The van der Waals surface area contributed by atoms with Crippen LogP contribution < -0.4 is 21.3 Å². The van der Waals surface area contributed by atoms with Gasteiger partial charge in [-0.1, -0.05) is 23.7 Å². The molecule has 6 N–H and O–H groups in total. The number of rotatable bonds is 4. The standard InChI is InChI=1S/C25H28ClN7O2.2C2HF3O2/c26-21-16-28-24-30-19-3-1-2-17(14-19)4-5-18-15-20(29-23(21)32-24)6-7-22(18)31-25(34)27-8-9-33-10-12-35-13-11-33;2*3-2(4,5)1(6)7/h1-3,6-7,14-16H,4-5,8-13H2,(H2,27,31,34)(H2,28,29,30,32);2*(H,6,7). The molecule has 3 aromatic rings. The molecule has 0 aliphatic carbocycles. The first kappa shape index (κ1) is 38.6. The number of fused-ring (bicyclic) bond motifs is 6. The number of urea groups is 1. The molecule has 13 nitrogen and oxygen atoms in total. The molecule has 49 heavy (non-hydrogen) atoms. The lowest BCUT2D eigenvalue weighted by molar-refractivity contribution is -0.193. The van der Waals surface area contributed by atoms with Crippen LogP contribution in [-0.4, -0.2) is 94.8 Å². The largest absolute Gasteiger partial charge is 0.490 e. The van der Waals surface area contributed by atoms with Crippen LogP contribution >= 0.6 is 11.6 Å². The zero-order valence-electron chi connectivity index (χ0n) is 25.3. The lowest BCUT2D eigenvalue weighted by Gasteiger charge is -2.26. The quantitative estimate of drug-likeness (QED) is 0.189. The highest BCUT2D eigenvalue weighted by molar-refractivity contribution is 6.32. The van der Waals surface area contributed by atoms with E-state index < -0.39 is 24.3 Å². The number of ether oxygens (including phenoxy) is 1. The molecule has 0 atom stereocenters. The Morgan fingerprint density at radius 3 is 2.18 bits per heavy atom. The first-order chi connectivity index (χ1) is 23.0. The van der Waals surface area contributed by atoms with Crippen LogP contribution in [0.4, 0.5) is 60.0 Å². The van der Waals surface area contributed by atoms with Crippen molar-refractivity contribution in [3.8, 4) is 0 Å². The molecule has 1 saturated heterocycles. The van der Waals surface area contributed by atoms with Crippen molar-refractivity contribution in [1.82, 2.24) is 20.2 Å². The molecular weight excluding hydrogens is 692 g/mol. The number of aliphatic carboxylic acids is 2. The van der Waals surface area contributed by atoms with Crippen molar-refractivity contribution in [3.05, 3.63) is 64.8 Å². The number of aryl methyl sites for hydroxylation is 2. The van der Waals surface area contributed by atoms with Crippen molar-refractivity contribution >= 4 is 58.4 Å². The lowest BCUT2D eigenvalue weighted by atomic mass is 10.0. The molecular formula is C29H30ClF6N7O6. The summed E-state index contributed by atoms with van der Waals surface area (Å²) in [5.41, 5.74) is 4.69. The SMILES string of the molecule is O=C(NCCN1CCOCC1)Nc1ccc2cc1CCc1cccc(c1)Nc1ncc(Cl)c(n1)N2.O=C(O)C(F)(F)F.O=C(O)C(F)(F)F. The smallest absolute Gasteiger partial charge is 0.475 e. The van der Waals surface area contributed by atoms with E-state index in [0.717, 1.165) is 68.3 Å². The molecule has 0 radical (unpaired) electrons. The molecule has 2 amide bonds. The van der Waals surface area contributed by atoms with Gasteiger partial charge in [-0.2, -0.15) is 31.3 Å². The molecule has 0 saturated carbocycles. The third kappa shape index (κ3) is 13.3. The number of hydrogen-bond donors (Lipinski definition) is 6. The molecule has 0 spiro atoms. The molecule has 0 unspecified atom stereocenters. The Bertz CT molecular complexity index is 1580. The summed E-state index contributed by atoms with van der Waals surface area (Å²) in [6, 6.07) is 13.8. The second-order valence-electron chi connectivity index (χ2n) is 10.2. The van der Waals surface area contributed by atoms with E-state index in [9.17, 15) is 31.1 Å². The number of nitrogens with one attached hydrogen (secondary N) is 4. The summed E-state index contributed by atoms with van der Waals surface area (Å²) in [6.45, 7) is 4.67. The maximum Gasteiger partial charge on any atom is 0.490 e. The molecule has 1 aromatic heterocycles. The minimum atomic E-state index is -5.08. The van der Waals surface area contributed by atoms with Gasteiger partial charge in [-0.25, -0.2) is 19.4 Å². The first-order valence-electron chi connectivity index (χ1n) is 14.2. The number of halogens is 7. The summed E-state index contributed by atoms with van der Waals surface area (Å²) < 4.78 is 68.8. The molecule has 2 aliphatic heterocycles. The number of benzene rings is 2. The average Bonchev–Trinajstić information content (AvgIpc) is 3.03. The van der Waals surface area contributed by atoms with E-state index in [-0.39, 0.29) is 6.03 Å². The van der Waals surface area contributed by atoms with Crippen LogP contribution in [0.3, 0.4) is 0 Å². The van der Waals surface area contributed by atoms with Gasteiger partial charge in [-0.3, -0.25) is 4.90 Å². The minimum absolute atomic E-state index is 0.215. The van der Waals surface area contributed by atoms with E-state index in [2.05, 4.69) is 48.3 Å². The van der Waals surface area contributed by atoms with Gasteiger partial charge >= 0.3 is 30.3 Å². The zero-order valence-corrected chi connectivity index (χ0v) is 26.0. The molecule has 6 bridgehead atoms. The van der Waals surface area contributed by atoms with E-state index >= 15 is 0 Å². The van der Waals surface area contributed by atoms with Crippen molar-refractivity contribution in [1.29, 1.82) is 0 Å². The van der Waals surface area contributed by atoms with Gasteiger partial charge in [-0.05, 0) is 54.3 Å². The lowest BCUT2D eigenvalue weighted by Crippen LogP contribution is -2.42. The van der Waals surface area contributed by atoms with Crippen molar-refractivity contribution < 1.29 is 55.7 Å². The van der Waals surface area contributed by atoms with E-state index in [1.165, 1.54) is 5.56 Å². The third-order valence-electron chi connectivity index (χ3n) is 6.53. The predicted octanol–water partition coefficient (Wildman–Crippen LogP) is 5.44. The Labute approximate surface area is 279 Å². The first-order valence-corrected chi connectivity index (χ1v) is 14.6. The third-order valence-corrected chi connectivity index (χ3v) is 6.81. The summed E-state index contributed by atoms with van der Waals surface area (Å²) in [7, 11) is 0. The maximum absolute atomic E-state index is 12.6. The topological polar surface area (TPSA) is 178 Å². The van der Waals surface area contributed by atoms with Crippen LogP contribution in [0, 0.1) is 0 Å². The molecule has 266 valence electrons. The second kappa shape index (κ2) is 17.5. The van der Waals surface area contributed by atoms with E-state index in [1.807, 2.05) is 30.3 Å². The number of morpholine rings is 1. The summed E-state index contributed by atoms with van der Waals surface area (Å²) in [4.78, 5) is 41.5. The van der Waals surface area contributed by atoms with E-state index in [1.54, 1.807) is 6.20 Å². The van der Waals surface area contributed by atoms with Crippen LogP contribution in [-0.2, 0) is 27.2 Å². The number of carboxylic acid groups (broad SMARTS) is 2. The summed E-state index contributed by atoms with van der Waals surface area (Å²) in [5, 5.41) is 27.2. The van der Waals surface area contributed by atoms with Crippen LogP contribution in [0.2, 0.25) is 5.02 Å². The fourth-order valence-electron chi connectivity index (χ4n) is 4.18. The Balaban J connectivity index is 0.000000392. The van der Waals surface area contributed by atoms with Gasteiger partial charge < -0.3 is 36.2 Å². The summed E-state index contributed by atoms with van der Waals surface area (Å²) >= 11 is 6.35. The molecule has 1 fully saturated rings. The van der Waals surface area contributed by atoms with Gasteiger partial charge in [0.1, 0.15) is 5.02 Å². The Kier molecular flexibility index (Phi) is 13.8. The molecule has 2 aliphatic rings. The Morgan fingerprint density at radius 1 is 0.918 bits per heavy atom. The average molecular weight is 722 g/mol. The molecule has 3 heterocycles. The van der Waals surface area contributed by atoms with Crippen LogP contribution in [0.1, 0.15) is 11.1 Å². The number of anilines is 5. The van der Waals surface area contributed by atoms with Gasteiger partial charge in [0.25, 0.3) is 0 Å². The zero-order chi connectivity index (χ0) is 36.2. The van der Waals surface area contributed by atoms with Crippen LogP contribution in [0.15, 0.2) is 48.7 Å².